The Balaban J connectivity index is 3.07. The molecule has 0 bridgehead atoms. The Hall–Kier alpha value is -0.830. The van der Waals surface area contributed by atoms with Crippen LogP contribution in [0.4, 0.5) is 0 Å². The van der Waals surface area contributed by atoms with E-state index in [0.29, 0.717) is 6.67 Å². The summed E-state index contributed by atoms with van der Waals surface area (Å²) in [5, 5.41) is 5.50. The van der Waals surface area contributed by atoms with Crippen molar-refractivity contribution in [1.82, 2.24) is 10.6 Å². The molecule has 0 aliphatic rings. The van der Waals surface area contributed by atoms with Gasteiger partial charge in [0.1, 0.15) is 0 Å². The molecule has 0 saturated carbocycles. The second kappa shape index (κ2) is 5.31. The third-order valence-corrected chi connectivity index (χ3v) is 0.823. The molecule has 0 aromatic rings. The number of rotatable bonds is 4. The van der Waals surface area contributed by atoms with Crippen molar-refractivity contribution < 1.29 is 4.79 Å². The molecular formula is C6H12N2O. The number of carbonyl (C=O) groups is 1. The van der Waals surface area contributed by atoms with Crippen molar-refractivity contribution >= 4 is 5.91 Å². The molecule has 0 fully saturated rings. The van der Waals surface area contributed by atoms with Gasteiger partial charge in [0.15, 0.2) is 0 Å². The van der Waals surface area contributed by atoms with E-state index in [9.17, 15) is 4.79 Å². The topological polar surface area (TPSA) is 41.1 Å². The van der Waals surface area contributed by atoms with Crippen LogP contribution >= 0.6 is 0 Å². The zero-order valence-electron chi connectivity index (χ0n) is 5.61. The number of hydrogen-bond donors (Lipinski definition) is 2. The van der Waals surface area contributed by atoms with E-state index < -0.39 is 0 Å². The lowest BCUT2D eigenvalue weighted by Gasteiger charge is -1.99. The minimum absolute atomic E-state index is 0.143. The second-order valence-corrected chi connectivity index (χ2v) is 1.53. The first kappa shape index (κ1) is 8.17. The maximum atomic E-state index is 10.4. The molecule has 0 radical (unpaired) electrons. The van der Waals surface area contributed by atoms with Gasteiger partial charge in [-0.15, -0.1) is 0 Å². The van der Waals surface area contributed by atoms with Crippen LogP contribution in [0, 0.1) is 0 Å². The van der Waals surface area contributed by atoms with E-state index in [4.69, 9.17) is 0 Å². The zero-order chi connectivity index (χ0) is 7.11. The van der Waals surface area contributed by atoms with Gasteiger partial charge in [-0.3, -0.25) is 4.79 Å². The maximum absolute atomic E-state index is 10.4. The van der Waals surface area contributed by atoms with Crippen molar-refractivity contribution in [3.63, 3.8) is 0 Å². The molecule has 9 heavy (non-hydrogen) atoms. The first-order chi connectivity index (χ1) is 4.31. The van der Waals surface area contributed by atoms with E-state index in [1.807, 2.05) is 6.92 Å². The van der Waals surface area contributed by atoms with Crippen LogP contribution in [-0.4, -0.2) is 19.1 Å². The van der Waals surface area contributed by atoms with E-state index in [0.717, 1.165) is 6.54 Å². The van der Waals surface area contributed by atoms with Crippen molar-refractivity contribution in [2.24, 2.45) is 0 Å². The van der Waals surface area contributed by atoms with Crippen LogP contribution in [0.2, 0.25) is 0 Å². The molecule has 1 amide bonds. The van der Waals surface area contributed by atoms with Crippen LogP contribution in [0.3, 0.4) is 0 Å². The molecule has 0 saturated heterocycles. The van der Waals surface area contributed by atoms with Crippen molar-refractivity contribution in [2.75, 3.05) is 13.2 Å². The minimum Gasteiger partial charge on any atom is -0.340 e. The van der Waals surface area contributed by atoms with Gasteiger partial charge in [-0.2, -0.15) is 0 Å². The molecule has 2 N–H and O–H groups in total. The average Bonchev–Trinajstić information content (AvgIpc) is 1.89. The summed E-state index contributed by atoms with van der Waals surface area (Å²) >= 11 is 0. The van der Waals surface area contributed by atoms with Gasteiger partial charge < -0.3 is 10.6 Å². The first-order valence-corrected chi connectivity index (χ1v) is 2.92. The van der Waals surface area contributed by atoms with Crippen LogP contribution in [-0.2, 0) is 4.79 Å². The summed E-state index contributed by atoms with van der Waals surface area (Å²) in [5.74, 6) is -0.143. The largest absolute Gasteiger partial charge is 0.340 e. The molecule has 0 aromatic carbocycles. The highest BCUT2D eigenvalue weighted by atomic mass is 16.1. The molecule has 3 heteroatoms. The highest BCUT2D eigenvalue weighted by molar-refractivity contribution is 5.86. The van der Waals surface area contributed by atoms with E-state index in [1.165, 1.54) is 6.08 Å². The molecular weight excluding hydrogens is 116 g/mol. The summed E-state index contributed by atoms with van der Waals surface area (Å²) in [5.41, 5.74) is 0. The van der Waals surface area contributed by atoms with Gasteiger partial charge in [0.05, 0.1) is 6.67 Å². The first-order valence-electron chi connectivity index (χ1n) is 2.92. The Labute approximate surface area is 55.1 Å². The summed E-state index contributed by atoms with van der Waals surface area (Å²) in [7, 11) is 0. The summed E-state index contributed by atoms with van der Waals surface area (Å²) in [4.78, 5) is 10.4. The van der Waals surface area contributed by atoms with Crippen LogP contribution in [0.15, 0.2) is 12.7 Å². The lowest BCUT2D eigenvalue weighted by Crippen LogP contribution is -2.32. The molecule has 0 aliphatic heterocycles. The smallest absolute Gasteiger partial charge is 0.244 e. The molecule has 52 valence electrons. The third-order valence-electron chi connectivity index (χ3n) is 0.823. The Bertz CT molecular complexity index is 101. The fraction of sp³-hybridized carbons (Fsp3) is 0.500. The summed E-state index contributed by atoms with van der Waals surface area (Å²) in [6, 6.07) is 0. The average molecular weight is 128 g/mol. The SMILES string of the molecule is C=CC(=O)NCNCC. The van der Waals surface area contributed by atoms with E-state index in [-0.39, 0.29) is 5.91 Å². The normalized spacial score (nSPS) is 8.56. The minimum atomic E-state index is -0.143. The lowest BCUT2D eigenvalue weighted by atomic mass is 10.6. The van der Waals surface area contributed by atoms with Crippen molar-refractivity contribution in [3.8, 4) is 0 Å². The molecule has 0 rings (SSSR count). The fourth-order valence-electron chi connectivity index (χ4n) is 0.347. The Morgan fingerprint density at radius 3 is 2.89 bits per heavy atom. The van der Waals surface area contributed by atoms with Crippen molar-refractivity contribution in [1.29, 1.82) is 0 Å². The second-order valence-electron chi connectivity index (χ2n) is 1.53. The number of hydrogen-bond acceptors (Lipinski definition) is 2. The highest BCUT2D eigenvalue weighted by Crippen LogP contribution is 1.61. The van der Waals surface area contributed by atoms with E-state index >= 15 is 0 Å². The monoisotopic (exact) mass is 128 g/mol. The van der Waals surface area contributed by atoms with Gasteiger partial charge in [-0.05, 0) is 12.6 Å². The molecule has 3 nitrogen and oxygen atoms in total. The van der Waals surface area contributed by atoms with Crippen molar-refractivity contribution in [2.45, 2.75) is 6.92 Å². The molecule has 0 aromatic heterocycles. The molecule has 0 aliphatic carbocycles. The van der Waals surface area contributed by atoms with Gasteiger partial charge in [0.2, 0.25) is 5.91 Å². The van der Waals surface area contributed by atoms with Gasteiger partial charge in [0.25, 0.3) is 0 Å². The maximum Gasteiger partial charge on any atom is 0.244 e. The summed E-state index contributed by atoms with van der Waals surface area (Å²) in [6.45, 7) is 6.65. The van der Waals surface area contributed by atoms with Gasteiger partial charge in [-0.1, -0.05) is 13.5 Å². The quantitative estimate of drug-likeness (QED) is 0.314. The summed E-state index contributed by atoms with van der Waals surface area (Å²) in [6.07, 6.45) is 1.25. The summed E-state index contributed by atoms with van der Waals surface area (Å²) < 4.78 is 0. The third kappa shape index (κ3) is 5.03. The predicted molar refractivity (Wildman–Crippen MR) is 36.9 cm³/mol. The van der Waals surface area contributed by atoms with Gasteiger partial charge in [-0.25, -0.2) is 0 Å². The Morgan fingerprint density at radius 2 is 2.44 bits per heavy atom. The molecule has 0 atom stereocenters. The van der Waals surface area contributed by atoms with Crippen LogP contribution < -0.4 is 10.6 Å². The molecule has 0 unspecified atom stereocenters. The highest BCUT2D eigenvalue weighted by Gasteiger charge is 1.87. The molecule has 0 heterocycles. The van der Waals surface area contributed by atoms with E-state index in [1.54, 1.807) is 0 Å². The van der Waals surface area contributed by atoms with E-state index in [2.05, 4.69) is 17.2 Å². The standard InChI is InChI=1S/C6H12N2O/c1-3-6(9)8-5-7-4-2/h3,7H,1,4-5H2,2H3,(H,8,9). The predicted octanol–water partition coefficient (Wildman–Crippen LogP) is -0.144. The van der Waals surface area contributed by atoms with Crippen LogP contribution in [0.25, 0.3) is 0 Å². The Morgan fingerprint density at radius 1 is 1.78 bits per heavy atom. The fourth-order valence-corrected chi connectivity index (χ4v) is 0.347. The zero-order valence-corrected chi connectivity index (χ0v) is 5.61. The lowest BCUT2D eigenvalue weighted by molar-refractivity contribution is -0.116. The number of amides is 1. The Kier molecular flexibility index (Phi) is 4.82. The number of carbonyl (C=O) groups excluding carboxylic acids is 1. The van der Waals surface area contributed by atoms with Crippen LogP contribution in [0.1, 0.15) is 6.92 Å². The van der Waals surface area contributed by atoms with Gasteiger partial charge in [0, 0.05) is 0 Å². The van der Waals surface area contributed by atoms with Crippen LogP contribution in [0.5, 0.6) is 0 Å². The van der Waals surface area contributed by atoms with Gasteiger partial charge >= 0.3 is 0 Å². The molecule has 0 spiro atoms. The van der Waals surface area contributed by atoms with Crippen molar-refractivity contribution in [3.05, 3.63) is 12.7 Å². The number of nitrogens with one attached hydrogen (secondary N) is 2.